The third-order valence-corrected chi connectivity index (χ3v) is 3.78. The molecule has 2 rings (SSSR count). The van der Waals surface area contributed by atoms with Crippen molar-refractivity contribution in [2.24, 2.45) is 10.9 Å². The number of nitrogens with one attached hydrogen (secondary N) is 1. The first kappa shape index (κ1) is 15.9. The summed E-state index contributed by atoms with van der Waals surface area (Å²) in [5, 5.41) is 3.37. The number of allylic oxidation sites excluding steroid dienone is 2. The van der Waals surface area contributed by atoms with Gasteiger partial charge in [0.1, 0.15) is 6.33 Å². The number of aliphatic imine (C=N–C) groups is 1. The van der Waals surface area contributed by atoms with Gasteiger partial charge in [-0.25, -0.2) is 15.0 Å². The Balaban J connectivity index is 2.11. The predicted molar refractivity (Wildman–Crippen MR) is 90.9 cm³/mol. The van der Waals surface area contributed by atoms with E-state index in [0.717, 1.165) is 43.3 Å². The van der Waals surface area contributed by atoms with Gasteiger partial charge >= 0.3 is 0 Å². The van der Waals surface area contributed by atoms with Gasteiger partial charge in [0.2, 0.25) is 5.96 Å². The molecular formula is C17H23N5. The molecule has 0 atom stereocenters. The Morgan fingerprint density at radius 3 is 2.73 bits per heavy atom. The summed E-state index contributed by atoms with van der Waals surface area (Å²) in [5.74, 6) is 1.41. The fourth-order valence-corrected chi connectivity index (χ4v) is 2.48. The highest BCUT2D eigenvalue weighted by atomic mass is 15.3. The Morgan fingerprint density at radius 2 is 2.18 bits per heavy atom. The molecule has 1 fully saturated rings. The molecule has 0 saturated carbocycles. The minimum atomic E-state index is 0.601. The number of hydrogen-bond acceptors (Lipinski definition) is 3. The largest absolute Gasteiger partial charge is 0.342 e. The zero-order chi connectivity index (χ0) is 15.8. The van der Waals surface area contributed by atoms with E-state index in [0.29, 0.717) is 5.92 Å². The van der Waals surface area contributed by atoms with Crippen molar-refractivity contribution in [1.29, 1.82) is 0 Å². The van der Waals surface area contributed by atoms with E-state index in [1.54, 1.807) is 18.7 Å². The molecule has 5 nitrogen and oxygen atoms in total. The Morgan fingerprint density at radius 1 is 1.41 bits per heavy atom. The number of nitrogens with zero attached hydrogens (tertiary/aromatic N) is 4. The van der Waals surface area contributed by atoms with Gasteiger partial charge in [-0.05, 0) is 31.7 Å². The van der Waals surface area contributed by atoms with Crippen LogP contribution in [0.15, 0.2) is 55.1 Å². The maximum absolute atomic E-state index is 4.40. The molecular weight excluding hydrogens is 274 g/mol. The standard InChI is InChI=1S/C17H23N5/c1-4-14-8-11-22(12-9-14)17(19-6-3)21-15(5-2)16-7-10-18-13-20-16/h4-7,10,13-14H,1,3,8-9,11-12H2,2H3,(H,19,21)/b15-5-. The summed E-state index contributed by atoms with van der Waals surface area (Å²) in [7, 11) is 0. The summed E-state index contributed by atoms with van der Waals surface area (Å²) in [5.41, 5.74) is 1.75. The molecule has 1 aliphatic rings. The summed E-state index contributed by atoms with van der Waals surface area (Å²) < 4.78 is 0. The molecule has 0 bridgehead atoms. The molecule has 1 N–H and O–H groups in total. The second-order valence-corrected chi connectivity index (χ2v) is 5.12. The Bertz CT molecular complexity index is 554. The fourth-order valence-electron chi connectivity index (χ4n) is 2.48. The van der Waals surface area contributed by atoms with Crippen molar-refractivity contribution >= 4 is 11.7 Å². The highest BCUT2D eigenvalue weighted by Crippen LogP contribution is 2.18. The molecule has 0 aliphatic carbocycles. The van der Waals surface area contributed by atoms with Crippen LogP contribution in [0, 0.1) is 5.92 Å². The minimum Gasteiger partial charge on any atom is -0.342 e. The monoisotopic (exact) mass is 297 g/mol. The van der Waals surface area contributed by atoms with Crippen LogP contribution in [0.25, 0.3) is 5.70 Å². The molecule has 1 saturated heterocycles. The molecule has 2 heterocycles. The lowest BCUT2D eigenvalue weighted by Crippen LogP contribution is -2.44. The van der Waals surface area contributed by atoms with Crippen LogP contribution in [0.4, 0.5) is 0 Å². The van der Waals surface area contributed by atoms with Crippen molar-refractivity contribution in [3.8, 4) is 0 Å². The van der Waals surface area contributed by atoms with E-state index in [4.69, 9.17) is 0 Å². The minimum absolute atomic E-state index is 0.601. The molecule has 0 amide bonds. The van der Waals surface area contributed by atoms with E-state index >= 15 is 0 Å². The maximum Gasteiger partial charge on any atom is 0.203 e. The van der Waals surface area contributed by atoms with Crippen molar-refractivity contribution in [2.45, 2.75) is 19.8 Å². The van der Waals surface area contributed by atoms with E-state index in [9.17, 15) is 0 Å². The second kappa shape index (κ2) is 8.12. The van der Waals surface area contributed by atoms with E-state index in [2.05, 4.69) is 38.3 Å². The number of piperidine rings is 1. The summed E-state index contributed by atoms with van der Waals surface area (Å²) in [6, 6.07) is 1.87. The molecule has 1 aromatic heterocycles. The van der Waals surface area contributed by atoms with E-state index in [-0.39, 0.29) is 0 Å². The number of hydrogen-bond donors (Lipinski definition) is 1. The quantitative estimate of drug-likeness (QED) is 0.527. The van der Waals surface area contributed by atoms with Gasteiger partial charge < -0.3 is 10.2 Å². The van der Waals surface area contributed by atoms with Crippen LogP contribution in [0.2, 0.25) is 0 Å². The van der Waals surface area contributed by atoms with Gasteiger partial charge in [-0.15, -0.1) is 6.58 Å². The highest BCUT2D eigenvalue weighted by molar-refractivity contribution is 5.89. The lowest BCUT2D eigenvalue weighted by molar-refractivity contribution is 0.294. The SMILES string of the molecule is C=CN=C(N/C(=C\C)c1ccncn1)N1CCC(C=C)CC1. The van der Waals surface area contributed by atoms with Gasteiger partial charge in [0.25, 0.3) is 0 Å². The Labute approximate surface area is 132 Å². The fraction of sp³-hybridized carbons (Fsp3) is 0.353. The van der Waals surface area contributed by atoms with Gasteiger partial charge in [-0.1, -0.05) is 18.7 Å². The molecule has 0 unspecified atom stereocenters. The van der Waals surface area contributed by atoms with E-state index in [1.165, 1.54) is 0 Å². The van der Waals surface area contributed by atoms with Crippen molar-refractivity contribution in [1.82, 2.24) is 20.2 Å². The summed E-state index contributed by atoms with van der Waals surface area (Å²) in [4.78, 5) is 14.9. The van der Waals surface area contributed by atoms with E-state index in [1.807, 2.05) is 25.1 Å². The second-order valence-electron chi connectivity index (χ2n) is 5.12. The number of rotatable bonds is 4. The van der Waals surface area contributed by atoms with Gasteiger partial charge in [0, 0.05) is 25.5 Å². The molecule has 22 heavy (non-hydrogen) atoms. The molecule has 1 aromatic rings. The third-order valence-electron chi connectivity index (χ3n) is 3.78. The average Bonchev–Trinajstić information content (AvgIpc) is 2.59. The lowest BCUT2D eigenvalue weighted by Gasteiger charge is -2.33. The van der Waals surface area contributed by atoms with Crippen molar-refractivity contribution in [2.75, 3.05) is 13.1 Å². The van der Waals surface area contributed by atoms with Crippen molar-refractivity contribution < 1.29 is 0 Å². The van der Waals surface area contributed by atoms with Crippen LogP contribution < -0.4 is 5.32 Å². The van der Waals surface area contributed by atoms with Gasteiger partial charge in [0.15, 0.2) is 0 Å². The number of likely N-dealkylation sites (tertiary alicyclic amines) is 1. The molecule has 0 radical (unpaired) electrons. The van der Waals surface area contributed by atoms with Crippen molar-refractivity contribution in [3.05, 3.63) is 55.8 Å². The first-order chi connectivity index (χ1) is 10.8. The molecule has 5 heteroatoms. The van der Waals surface area contributed by atoms with Gasteiger partial charge in [-0.2, -0.15) is 0 Å². The maximum atomic E-state index is 4.40. The Hall–Kier alpha value is -2.43. The van der Waals surface area contributed by atoms with Crippen LogP contribution in [0.5, 0.6) is 0 Å². The molecule has 0 spiro atoms. The first-order valence-electron chi connectivity index (χ1n) is 7.54. The van der Waals surface area contributed by atoms with Crippen molar-refractivity contribution in [3.63, 3.8) is 0 Å². The smallest absolute Gasteiger partial charge is 0.203 e. The number of aromatic nitrogens is 2. The molecule has 1 aliphatic heterocycles. The topological polar surface area (TPSA) is 53.4 Å². The average molecular weight is 297 g/mol. The third kappa shape index (κ3) is 4.04. The van der Waals surface area contributed by atoms with Gasteiger partial charge in [0.05, 0.1) is 11.4 Å². The van der Waals surface area contributed by atoms with Crippen LogP contribution >= 0.6 is 0 Å². The summed E-state index contributed by atoms with van der Waals surface area (Å²) in [6.45, 7) is 11.5. The summed E-state index contributed by atoms with van der Waals surface area (Å²) in [6.07, 6.45) is 11.1. The van der Waals surface area contributed by atoms with E-state index < -0.39 is 0 Å². The zero-order valence-electron chi connectivity index (χ0n) is 13.1. The highest BCUT2D eigenvalue weighted by Gasteiger charge is 2.20. The normalized spacial score (nSPS) is 17.2. The van der Waals surface area contributed by atoms with Crippen LogP contribution in [0.1, 0.15) is 25.5 Å². The first-order valence-corrected chi connectivity index (χ1v) is 7.54. The zero-order valence-corrected chi connectivity index (χ0v) is 13.1. The Kier molecular flexibility index (Phi) is 5.89. The molecule has 116 valence electrons. The summed E-state index contributed by atoms with van der Waals surface area (Å²) >= 11 is 0. The molecule has 0 aromatic carbocycles. The van der Waals surface area contributed by atoms with Crippen LogP contribution in [-0.4, -0.2) is 33.9 Å². The van der Waals surface area contributed by atoms with Crippen LogP contribution in [-0.2, 0) is 0 Å². The van der Waals surface area contributed by atoms with Crippen LogP contribution in [0.3, 0.4) is 0 Å². The predicted octanol–water partition coefficient (Wildman–Crippen LogP) is 2.82. The number of guanidine groups is 1. The van der Waals surface area contributed by atoms with Gasteiger partial charge in [-0.3, -0.25) is 0 Å². The lowest BCUT2D eigenvalue weighted by atomic mass is 9.97.